The number of hydrogen-bond donors (Lipinski definition) is 3. The second-order valence-corrected chi connectivity index (χ2v) is 4.60. The van der Waals surface area contributed by atoms with Crippen LogP contribution in [0.25, 0.3) is 0 Å². The van der Waals surface area contributed by atoms with Gasteiger partial charge in [-0.1, -0.05) is 24.3 Å². The number of rotatable bonds is 2. The van der Waals surface area contributed by atoms with Crippen molar-refractivity contribution in [3.8, 4) is 5.75 Å². The molecule has 0 fully saturated rings. The summed E-state index contributed by atoms with van der Waals surface area (Å²) in [6.45, 7) is 0. The number of nitrogens with one attached hydrogen (secondary N) is 2. The molecule has 1 unspecified atom stereocenters. The molecule has 4 nitrogen and oxygen atoms in total. The van der Waals surface area contributed by atoms with E-state index in [1.54, 1.807) is 12.1 Å². The van der Waals surface area contributed by atoms with Crippen LogP contribution in [-0.4, -0.2) is 17.1 Å². The van der Waals surface area contributed by atoms with Crippen LogP contribution < -0.4 is 10.6 Å². The van der Waals surface area contributed by atoms with Crippen LogP contribution in [0.4, 0.5) is 11.4 Å². The van der Waals surface area contributed by atoms with E-state index < -0.39 is 0 Å². The second kappa shape index (κ2) is 4.65. The highest BCUT2D eigenvalue weighted by molar-refractivity contribution is 6.03. The van der Waals surface area contributed by atoms with E-state index in [-0.39, 0.29) is 17.7 Å². The fraction of sp³-hybridized carbons (Fsp3) is 0.133. The molecule has 1 aliphatic heterocycles. The molecule has 3 N–H and O–H groups in total. The van der Waals surface area contributed by atoms with Gasteiger partial charge in [0.1, 0.15) is 11.8 Å². The van der Waals surface area contributed by atoms with E-state index in [1.165, 1.54) is 0 Å². The number of amides is 1. The third-order valence-corrected chi connectivity index (χ3v) is 3.21. The maximum atomic E-state index is 12.0. The molecule has 96 valence electrons. The summed E-state index contributed by atoms with van der Waals surface area (Å²) in [6.07, 6.45) is 0.584. The van der Waals surface area contributed by atoms with Crippen molar-refractivity contribution in [2.24, 2.45) is 0 Å². The molecule has 1 atom stereocenters. The van der Waals surface area contributed by atoms with Crippen molar-refractivity contribution in [3.05, 3.63) is 54.1 Å². The monoisotopic (exact) mass is 254 g/mol. The second-order valence-electron chi connectivity index (χ2n) is 4.60. The summed E-state index contributed by atoms with van der Waals surface area (Å²) in [5.41, 5.74) is 2.75. The van der Waals surface area contributed by atoms with Crippen LogP contribution >= 0.6 is 0 Å². The van der Waals surface area contributed by atoms with Crippen molar-refractivity contribution in [1.82, 2.24) is 0 Å². The lowest BCUT2D eigenvalue weighted by atomic mass is 10.0. The number of anilines is 2. The average molecular weight is 254 g/mol. The van der Waals surface area contributed by atoms with Crippen molar-refractivity contribution < 1.29 is 9.90 Å². The molecule has 19 heavy (non-hydrogen) atoms. The predicted molar refractivity (Wildman–Crippen MR) is 74.3 cm³/mol. The minimum absolute atomic E-state index is 0.0354. The van der Waals surface area contributed by atoms with E-state index in [0.29, 0.717) is 6.42 Å². The van der Waals surface area contributed by atoms with Gasteiger partial charge in [-0.3, -0.25) is 4.79 Å². The van der Waals surface area contributed by atoms with Gasteiger partial charge in [0.05, 0.1) is 11.4 Å². The summed E-state index contributed by atoms with van der Waals surface area (Å²) in [6, 6.07) is 14.3. The van der Waals surface area contributed by atoms with E-state index in [9.17, 15) is 9.90 Å². The molecule has 0 radical (unpaired) electrons. The third-order valence-electron chi connectivity index (χ3n) is 3.21. The Bertz CT molecular complexity index is 608. The smallest absolute Gasteiger partial charge is 0.247 e. The molecule has 0 saturated heterocycles. The maximum absolute atomic E-state index is 12.0. The number of benzene rings is 2. The van der Waals surface area contributed by atoms with Crippen molar-refractivity contribution in [2.45, 2.75) is 12.5 Å². The van der Waals surface area contributed by atoms with E-state index in [1.807, 2.05) is 36.4 Å². The first-order chi connectivity index (χ1) is 9.22. The summed E-state index contributed by atoms with van der Waals surface area (Å²) in [5, 5.41) is 15.4. The molecule has 0 bridgehead atoms. The fourth-order valence-corrected chi connectivity index (χ4v) is 2.20. The summed E-state index contributed by atoms with van der Waals surface area (Å²) < 4.78 is 0. The Kier molecular flexibility index (Phi) is 2.83. The Hall–Kier alpha value is -2.49. The van der Waals surface area contributed by atoms with E-state index >= 15 is 0 Å². The number of carbonyl (C=O) groups excluding carboxylic acids is 1. The fourth-order valence-electron chi connectivity index (χ4n) is 2.20. The molecule has 1 aliphatic rings. The number of fused-ring (bicyclic) bond motifs is 1. The Morgan fingerprint density at radius 3 is 2.42 bits per heavy atom. The number of carbonyl (C=O) groups is 1. The van der Waals surface area contributed by atoms with E-state index in [2.05, 4.69) is 10.6 Å². The molecule has 1 amide bonds. The van der Waals surface area contributed by atoms with Gasteiger partial charge in [-0.25, -0.2) is 0 Å². The zero-order valence-electron chi connectivity index (χ0n) is 10.3. The minimum atomic E-state index is -0.292. The standard InChI is InChI=1S/C15H14N2O2/c18-11-7-5-10(6-8-11)9-14-15(19)17-13-4-2-1-3-12(13)16-14/h1-8,14,16,18H,9H2,(H,17,19). The van der Waals surface area contributed by atoms with Crippen LogP contribution in [0.5, 0.6) is 5.75 Å². The zero-order chi connectivity index (χ0) is 13.2. The van der Waals surface area contributed by atoms with Crippen LogP contribution in [0.3, 0.4) is 0 Å². The van der Waals surface area contributed by atoms with Crippen molar-refractivity contribution in [3.63, 3.8) is 0 Å². The van der Waals surface area contributed by atoms with Gasteiger partial charge in [0.15, 0.2) is 0 Å². The lowest BCUT2D eigenvalue weighted by Gasteiger charge is -2.26. The molecule has 0 spiro atoms. The number of para-hydroxylation sites is 2. The lowest BCUT2D eigenvalue weighted by Crippen LogP contribution is -2.40. The Morgan fingerprint density at radius 2 is 1.68 bits per heavy atom. The summed E-state index contributed by atoms with van der Waals surface area (Å²) in [7, 11) is 0. The molecular weight excluding hydrogens is 240 g/mol. The molecule has 0 aliphatic carbocycles. The van der Waals surface area contributed by atoms with Gasteiger partial charge in [-0.05, 0) is 29.8 Å². The number of hydrogen-bond acceptors (Lipinski definition) is 3. The Labute approximate surface area is 111 Å². The van der Waals surface area contributed by atoms with Gasteiger partial charge in [-0.15, -0.1) is 0 Å². The highest BCUT2D eigenvalue weighted by Crippen LogP contribution is 2.27. The quantitative estimate of drug-likeness (QED) is 0.771. The third kappa shape index (κ3) is 2.38. The average Bonchev–Trinajstić information content (AvgIpc) is 2.42. The highest BCUT2D eigenvalue weighted by atomic mass is 16.3. The number of phenolic OH excluding ortho intramolecular Hbond substituents is 1. The first-order valence-corrected chi connectivity index (χ1v) is 6.17. The van der Waals surface area contributed by atoms with Gasteiger partial charge >= 0.3 is 0 Å². The Morgan fingerprint density at radius 1 is 1.00 bits per heavy atom. The highest BCUT2D eigenvalue weighted by Gasteiger charge is 2.24. The summed E-state index contributed by atoms with van der Waals surface area (Å²) >= 11 is 0. The first-order valence-electron chi connectivity index (χ1n) is 6.17. The maximum Gasteiger partial charge on any atom is 0.247 e. The SMILES string of the molecule is O=C1Nc2ccccc2NC1Cc1ccc(O)cc1. The zero-order valence-corrected chi connectivity index (χ0v) is 10.3. The van der Waals surface area contributed by atoms with Crippen LogP contribution in [0.2, 0.25) is 0 Å². The first kappa shape index (κ1) is 11.6. The summed E-state index contributed by atoms with van der Waals surface area (Å²) in [4.78, 5) is 12.0. The van der Waals surface area contributed by atoms with Gasteiger partial charge in [0.2, 0.25) is 5.91 Å². The lowest BCUT2D eigenvalue weighted by molar-refractivity contribution is -0.117. The molecule has 1 heterocycles. The molecule has 2 aromatic carbocycles. The molecule has 2 aromatic rings. The van der Waals surface area contributed by atoms with E-state index in [4.69, 9.17) is 0 Å². The van der Waals surface area contributed by atoms with Gasteiger partial charge in [-0.2, -0.15) is 0 Å². The molecule has 0 aromatic heterocycles. The molecule has 3 rings (SSSR count). The van der Waals surface area contributed by atoms with Crippen LogP contribution in [0, 0.1) is 0 Å². The van der Waals surface area contributed by atoms with E-state index in [0.717, 1.165) is 16.9 Å². The molecular formula is C15H14N2O2. The number of aromatic hydroxyl groups is 1. The van der Waals surface area contributed by atoms with Crippen LogP contribution in [-0.2, 0) is 11.2 Å². The topological polar surface area (TPSA) is 61.4 Å². The molecule has 0 saturated carbocycles. The van der Waals surface area contributed by atoms with Crippen molar-refractivity contribution in [1.29, 1.82) is 0 Å². The predicted octanol–water partition coefficient (Wildman–Crippen LogP) is 2.37. The van der Waals surface area contributed by atoms with Crippen LogP contribution in [0.1, 0.15) is 5.56 Å². The molecule has 4 heteroatoms. The normalized spacial score (nSPS) is 17.3. The minimum Gasteiger partial charge on any atom is -0.508 e. The number of phenols is 1. The largest absolute Gasteiger partial charge is 0.508 e. The van der Waals surface area contributed by atoms with Crippen LogP contribution in [0.15, 0.2) is 48.5 Å². The van der Waals surface area contributed by atoms with Gasteiger partial charge in [0, 0.05) is 6.42 Å². The summed E-state index contributed by atoms with van der Waals surface area (Å²) in [5.74, 6) is 0.196. The van der Waals surface area contributed by atoms with Crippen molar-refractivity contribution >= 4 is 17.3 Å². The van der Waals surface area contributed by atoms with Gasteiger partial charge in [0.25, 0.3) is 0 Å². The van der Waals surface area contributed by atoms with Crippen molar-refractivity contribution in [2.75, 3.05) is 10.6 Å². The Balaban J connectivity index is 1.79. The van der Waals surface area contributed by atoms with Gasteiger partial charge < -0.3 is 15.7 Å².